The van der Waals surface area contributed by atoms with Crippen LogP contribution in [-0.4, -0.2) is 33.4 Å². The molecule has 0 unspecified atom stereocenters. The molecule has 2 aromatic rings. The third kappa shape index (κ3) is 3.05. The number of pyridine rings is 1. The molecule has 2 heterocycles. The van der Waals surface area contributed by atoms with Gasteiger partial charge in [0.1, 0.15) is 5.54 Å². The number of allylic oxidation sites excluding steroid dienone is 4. The average molecular weight is 522 g/mol. The molecule has 5 aliphatic carbocycles. The van der Waals surface area contributed by atoms with Gasteiger partial charge < -0.3 is 5.32 Å². The standard InChI is InChI=1S/C34H39N3O2/c1-31(2)29(38)37(30(39)36-31)26-7-6-24-17-25-10-12-32(3)27(22-5-4-21-11-15-35-19-23(21)16-22)8-9-28(32)34(25)14-13-33(24,18-26)20-34/h4-5,10-11,15-17,19,26-28H,6-9,12-14,18,20H2,1-3H3,(H,36,39)/t26-,27-,28-,32-,33+,34-/m1/s1. The maximum atomic E-state index is 13.2. The van der Waals surface area contributed by atoms with Crippen molar-refractivity contribution < 1.29 is 9.59 Å². The summed E-state index contributed by atoms with van der Waals surface area (Å²) < 4.78 is 0. The lowest BCUT2D eigenvalue weighted by atomic mass is 9.50. The Morgan fingerprint density at radius 3 is 2.72 bits per heavy atom. The van der Waals surface area contributed by atoms with E-state index < -0.39 is 5.54 Å². The van der Waals surface area contributed by atoms with Gasteiger partial charge in [0.05, 0.1) is 0 Å². The van der Waals surface area contributed by atoms with Gasteiger partial charge in [-0.25, -0.2) is 4.79 Å². The van der Waals surface area contributed by atoms with Crippen molar-refractivity contribution in [3.63, 3.8) is 0 Å². The van der Waals surface area contributed by atoms with Gasteiger partial charge in [-0.3, -0.25) is 14.7 Å². The zero-order valence-corrected chi connectivity index (χ0v) is 23.4. The van der Waals surface area contributed by atoms with E-state index in [9.17, 15) is 9.59 Å². The number of urea groups is 1. The van der Waals surface area contributed by atoms with Gasteiger partial charge in [-0.05, 0) is 128 Å². The van der Waals surface area contributed by atoms with Crippen LogP contribution in [-0.2, 0) is 4.79 Å². The lowest BCUT2D eigenvalue weighted by Crippen LogP contribution is -2.50. The molecule has 0 radical (unpaired) electrons. The highest BCUT2D eigenvalue weighted by molar-refractivity contribution is 6.06. The first-order valence-electron chi connectivity index (χ1n) is 15.1. The molecule has 1 aromatic carbocycles. The number of carbonyl (C=O) groups is 2. The first-order chi connectivity index (χ1) is 18.7. The van der Waals surface area contributed by atoms with Crippen molar-refractivity contribution in [2.75, 3.05) is 0 Å². The monoisotopic (exact) mass is 521 g/mol. The number of benzene rings is 1. The highest BCUT2D eigenvalue weighted by Crippen LogP contribution is 2.75. The van der Waals surface area contributed by atoms with E-state index in [0.717, 1.165) is 25.7 Å². The fourth-order valence-corrected chi connectivity index (χ4v) is 10.5. The van der Waals surface area contributed by atoms with Crippen LogP contribution >= 0.6 is 0 Å². The summed E-state index contributed by atoms with van der Waals surface area (Å²) in [6.45, 7) is 6.23. The van der Waals surface area contributed by atoms with Crippen molar-refractivity contribution in [1.29, 1.82) is 0 Å². The maximum Gasteiger partial charge on any atom is 0.325 e. The highest BCUT2D eigenvalue weighted by Gasteiger charge is 2.66. The molecule has 5 nitrogen and oxygen atoms in total. The normalized spacial score (nSPS) is 40.1. The first-order valence-corrected chi connectivity index (χ1v) is 15.1. The molecule has 1 aliphatic heterocycles. The van der Waals surface area contributed by atoms with Crippen molar-refractivity contribution in [3.05, 3.63) is 65.5 Å². The van der Waals surface area contributed by atoms with Gasteiger partial charge in [0, 0.05) is 23.8 Å². The Bertz CT molecular complexity index is 1500. The Morgan fingerprint density at radius 2 is 1.90 bits per heavy atom. The molecule has 8 rings (SSSR count). The van der Waals surface area contributed by atoms with Crippen LogP contribution < -0.4 is 5.32 Å². The minimum absolute atomic E-state index is 0.00890. The number of imide groups is 1. The Hall–Kier alpha value is -2.95. The second-order valence-corrected chi connectivity index (χ2v) is 14.4. The second kappa shape index (κ2) is 7.62. The van der Waals surface area contributed by atoms with Crippen LogP contribution in [0.1, 0.15) is 90.0 Å². The number of carbonyl (C=O) groups excluding carboxylic acids is 2. The van der Waals surface area contributed by atoms with Crippen LogP contribution in [0.3, 0.4) is 0 Å². The van der Waals surface area contributed by atoms with Gasteiger partial charge in [-0.15, -0.1) is 0 Å². The Labute approximate surface area is 231 Å². The van der Waals surface area contributed by atoms with Crippen LogP contribution in [0.25, 0.3) is 10.8 Å². The van der Waals surface area contributed by atoms with Crippen LogP contribution in [0.4, 0.5) is 4.79 Å². The minimum atomic E-state index is -0.799. The number of hydrogen-bond donors (Lipinski definition) is 1. The summed E-state index contributed by atoms with van der Waals surface area (Å²) in [5, 5.41) is 5.43. The van der Waals surface area contributed by atoms with E-state index in [1.54, 1.807) is 16.0 Å². The number of nitrogens with zero attached hydrogens (tertiary/aromatic N) is 2. The number of aromatic nitrogens is 1. The summed E-state index contributed by atoms with van der Waals surface area (Å²) in [6, 6.07) is 8.97. The molecular formula is C34H39N3O2. The zero-order valence-electron chi connectivity index (χ0n) is 23.4. The fourth-order valence-electron chi connectivity index (χ4n) is 10.5. The molecule has 1 saturated heterocycles. The van der Waals surface area contributed by atoms with Crippen molar-refractivity contribution in [3.8, 4) is 0 Å². The summed E-state index contributed by atoms with van der Waals surface area (Å²) >= 11 is 0. The topological polar surface area (TPSA) is 62.3 Å². The molecule has 3 saturated carbocycles. The minimum Gasteiger partial charge on any atom is -0.324 e. The molecule has 202 valence electrons. The number of hydrogen-bond acceptors (Lipinski definition) is 3. The van der Waals surface area contributed by atoms with Gasteiger partial charge in [-0.2, -0.15) is 0 Å². The average Bonchev–Trinajstić information content (AvgIpc) is 3.49. The van der Waals surface area contributed by atoms with Gasteiger partial charge in [0.15, 0.2) is 0 Å². The molecule has 6 aliphatic rings. The van der Waals surface area contributed by atoms with E-state index in [1.807, 2.05) is 26.2 Å². The first kappa shape index (κ1) is 23.9. The number of fused-ring (bicyclic) bond motifs is 2. The fraction of sp³-hybridized carbons (Fsp3) is 0.559. The number of rotatable bonds is 2. The van der Waals surface area contributed by atoms with Crippen molar-refractivity contribution >= 4 is 22.7 Å². The molecule has 2 spiro atoms. The summed E-state index contributed by atoms with van der Waals surface area (Å²) in [5.74, 6) is 1.18. The molecule has 1 aromatic heterocycles. The van der Waals surface area contributed by atoms with E-state index >= 15 is 0 Å². The molecule has 2 bridgehead atoms. The summed E-state index contributed by atoms with van der Waals surface area (Å²) in [5.41, 5.74) is 4.52. The van der Waals surface area contributed by atoms with Gasteiger partial charge in [0.2, 0.25) is 0 Å². The molecule has 6 atom stereocenters. The largest absolute Gasteiger partial charge is 0.325 e. The quantitative estimate of drug-likeness (QED) is 0.431. The van der Waals surface area contributed by atoms with Crippen molar-refractivity contribution in [2.45, 2.75) is 96.1 Å². The number of nitrogens with one attached hydrogen (secondary N) is 1. The van der Waals surface area contributed by atoms with Crippen LogP contribution in [0.15, 0.2) is 60.0 Å². The third-order valence-corrected chi connectivity index (χ3v) is 12.3. The summed E-state index contributed by atoms with van der Waals surface area (Å²) in [7, 11) is 0. The molecule has 5 heteroatoms. The lowest BCUT2D eigenvalue weighted by molar-refractivity contribution is -0.132. The van der Waals surface area contributed by atoms with Gasteiger partial charge >= 0.3 is 6.03 Å². The molecular weight excluding hydrogens is 482 g/mol. The van der Waals surface area contributed by atoms with Crippen LogP contribution in [0.5, 0.6) is 0 Å². The summed E-state index contributed by atoms with van der Waals surface area (Å²) in [6.07, 6.45) is 19.3. The SMILES string of the molecule is CC1(C)NC(=O)N([C@@H]2CCC3=CC4=CC[C@]5(C)[C@@H](c6ccc7ccncc7c6)CC[C@H]5[C@@]45CC[C@]3(C2)C5)C1=O. The van der Waals surface area contributed by atoms with Gasteiger partial charge in [0.25, 0.3) is 5.91 Å². The molecule has 3 amide bonds. The number of amides is 3. The van der Waals surface area contributed by atoms with E-state index in [4.69, 9.17) is 0 Å². The van der Waals surface area contributed by atoms with E-state index in [2.05, 4.69) is 53.6 Å². The third-order valence-electron chi connectivity index (χ3n) is 12.3. The van der Waals surface area contributed by atoms with Gasteiger partial charge in [-0.1, -0.05) is 36.8 Å². The maximum absolute atomic E-state index is 13.2. The predicted molar refractivity (Wildman–Crippen MR) is 152 cm³/mol. The van der Waals surface area contributed by atoms with Crippen molar-refractivity contribution in [2.24, 2.45) is 22.2 Å². The zero-order chi connectivity index (χ0) is 26.8. The van der Waals surface area contributed by atoms with Crippen LogP contribution in [0, 0.1) is 22.2 Å². The second-order valence-electron chi connectivity index (χ2n) is 14.4. The predicted octanol–water partition coefficient (Wildman–Crippen LogP) is 7.04. The summed E-state index contributed by atoms with van der Waals surface area (Å²) in [4.78, 5) is 32.1. The van der Waals surface area contributed by atoms with E-state index in [-0.39, 0.29) is 34.2 Å². The van der Waals surface area contributed by atoms with E-state index in [0.29, 0.717) is 11.8 Å². The molecule has 4 fully saturated rings. The highest BCUT2D eigenvalue weighted by atomic mass is 16.2. The Balaban J connectivity index is 1.13. The smallest absolute Gasteiger partial charge is 0.324 e. The van der Waals surface area contributed by atoms with E-state index in [1.165, 1.54) is 48.4 Å². The van der Waals surface area contributed by atoms with Crippen LogP contribution in [0.2, 0.25) is 0 Å². The van der Waals surface area contributed by atoms with Crippen molar-refractivity contribution in [1.82, 2.24) is 15.2 Å². The molecule has 1 N–H and O–H groups in total. The Morgan fingerprint density at radius 1 is 1.03 bits per heavy atom. The lowest BCUT2D eigenvalue weighted by Gasteiger charge is -2.55. The Kier molecular flexibility index (Phi) is 4.67. The molecule has 39 heavy (non-hydrogen) atoms.